The molecule has 1 rings (SSSR count). The second-order valence-electron chi connectivity index (χ2n) is 5.13. The number of nitrogens with zero attached hydrogens (tertiary/aromatic N) is 1. The lowest BCUT2D eigenvalue weighted by Gasteiger charge is -2.35. The summed E-state index contributed by atoms with van der Waals surface area (Å²) in [4.78, 5) is 46.9. The van der Waals surface area contributed by atoms with Crippen molar-refractivity contribution in [2.75, 3.05) is 13.1 Å². The lowest BCUT2D eigenvalue weighted by atomic mass is 10.0. The van der Waals surface area contributed by atoms with Crippen molar-refractivity contribution in [2.24, 2.45) is 5.73 Å². The third-order valence-corrected chi connectivity index (χ3v) is 3.56. The van der Waals surface area contributed by atoms with Gasteiger partial charge < -0.3 is 26.2 Å². The van der Waals surface area contributed by atoms with Crippen LogP contribution >= 0.6 is 0 Å². The van der Waals surface area contributed by atoms with Gasteiger partial charge in [0.05, 0.1) is 6.54 Å². The summed E-state index contributed by atoms with van der Waals surface area (Å²) < 4.78 is 0. The number of carbonyl (C=O) groups is 4. The molecule has 1 aliphatic heterocycles. The zero-order valence-electron chi connectivity index (χ0n) is 12.2. The minimum Gasteiger partial charge on any atom is -0.481 e. The molecule has 0 aromatic rings. The predicted molar refractivity (Wildman–Crippen MR) is 74.8 cm³/mol. The first kappa shape index (κ1) is 17.9. The van der Waals surface area contributed by atoms with Crippen LogP contribution in [-0.4, -0.2) is 64.0 Å². The second-order valence-corrected chi connectivity index (χ2v) is 5.13. The van der Waals surface area contributed by atoms with E-state index in [0.717, 1.165) is 12.8 Å². The van der Waals surface area contributed by atoms with Crippen molar-refractivity contribution in [3.8, 4) is 0 Å². The summed E-state index contributed by atoms with van der Waals surface area (Å²) in [5.41, 5.74) is 5.31. The van der Waals surface area contributed by atoms with Crippen LogP contribution in [-0.2, 0) is 19.2 Å². The quantitative estimate of drug-likeness (QED) is 0.459. The normalized spacial score (nSPS) is 19.3. The molecule has 0 radical (unpaired) electrons. The van der Waals surface area contributed by atoms with Crippen LogP contribution in [0.5, 0.6) is 0 Å². The Labute approximate surface area is 127 Å². The van der Waals surface area contributed by atoms with Gasteiger partial charge in [-0.05, 0) is 25.7 Å². The fourth-order valence-corrected chi connectivity index (χ4v) is 2.41. The van der Waals surface area contributed by atoms with Crippen molar-refractivity contribution in [1.82, 2.24) is 10.2 Å². The monoisotopic (exact) mass is 315 g/mol. The van der Waals surface area contributed by atoms with Gasteiger partial charge in [0.25, 0.3) is 0 Å². The zero-order valence-corrected chi connectivity index (χ0v) is 12.2. The number of hydrogen-bond acceptors (Lipinski definition) is 5. The summed E-state index contributed by atoms with van der Waals surface area (Å²) in [6, 6.07) is -2.04. The Bertz CT molecular complexity index is 453. The van der Waals surface area contributed by atoms with Gasteiger partial charge in [0.1, 0.15) is 12.1 Å². The van der Waals surface area contributed by atoms with E-state index in [1.165, 1.54) is 4.90 Å². The molecule has 5 N–H and O–H groups in total. The molecular formula is C13H21N3O6. The summed E-state index contributed by atoms with van der Waals surface area (Å²) in [6.45, 7) is 0.187. The maximum absolute atomic E-state index is 12.2. The molecule has 0 bridgehead atoms. The Hall–Kier alpha value is -2.16. The highest BCUT2D eigenvalue weighted by atomic mass is 16.4. The zero-order chi connectivity index (χ0) is 16.7. The van der Waals surface area contributed by atoms with E-state index in [0.29, 0.717) is 13.0 Å². The van der Waals surface area contributed by atoms with Gasteiger partial charge in [-0.25, -0.2) is 4.79 Å². The van der Waals surface area contributed by atoms with E-state index in [-0.39, 0.29) is 25.3 Å². The number of carboxylic acids is 2. The molecule has 0 spiro atoms. The van der Waals surface area contributed by atoms with Crippen LogP contribution in [0.2, 0.25) is 0 Å². The smallest absolute Gasteiger partial charge is 0.326 e. The highest BCUT2D eigenvalue weighted by Gasteiger charge is 2.33. The fourth-order valence-electron chi connectivity index (χ4n) is 2.41. The Kier molecular flexibility index (Phi) is 6.77. The van der Waals surface area contributed by atoms with E-state index in [1.807, 2.05) is 0 Å². The molecule has 22 heavy (non-hydrogen) atoms. The van der Waals surface area contributed by atoms with Gasteiger partial charge >= 0.3 is 11.9 Å². The molecule has 0 aliphatic carbocycles. The van der Waals surface area contributed by atoms with Gasteiger partial charge in [0, 0.05) is 13.0 Å². The average Bonchev–Trinajstić information content (AvgIpc) is 2.49. The molecule has 2 amide bonds. The molecule has 0 aromatic carbocycles. The predicted octanol–water partition coefficient (Wildman–Crippen LogP) is -1.24. The summed E-state index contributed by atoms with van der Waals surface area (Å²) in [5.74, 6) is -3.39. The third kappa shape index (κ3) is 4.99. The van der Waals surface area contributed by atoms with Crippen molar-refractivity contribution >= 4 is 23.8 Å². The Balaban J connectivity index is 2.71. The van der Waals surface area contributed by atoms with Crippen LogP contribution in [0.3, 0.4) is 0 Å². The first-order chi connectivity index (χ1) is 10.4. The lowest BCUT2D eigenvalue weighted by Crippen LogP contribution is -2.56. The van der Waals surface area contributed by atoms with Crippen LogP contribution in [0.4, 0.5) is 0 Å². The number of carbonyl (C=O) groups excluding carboxylic acids is 2. The summed E-state index contributed by atoms with van der Waals surface area (Å²) in [7, 11) is 0. The highest BCUT2D eigenvalue weighted by molar-refractivity contribution is 5.91. The molecule has 1 unspecified atom stereocenters. The van der Waals surface area contributed by atoms with Gasteiger partial charge in [0.15, 0.2) is 0 Å². The van der Waals surface area contributed by atoms with Gasteiger partial charge in [-0.1, -0.05) is 0 Å². The molecule has 0 aromatic heterocycles. The first-order valence-electron chi connectivity index (χ1n) is 7.11. The third-order valence-electron chi connectivity index (χ3n) is 3.56. The summed E-state index contributed by atoms with van der Waals surface area (Å²) >= 11 is 0. The minimum absolute atomic E-state index is 0.214. The second kappa shape index (κ2) is 8.32. The maximum Gasteiger partial charge on any atom is 0.326 e. The largest absolute Gasteiger partial charge is 0.481 e. The van der Waals surface area contributed by atoms with Crippen molar-refractivity contribution < 1.29 is 29.4 Å². The van der Waals surface area contributed by atoms with Gasteiger partial charge in [-0.3, -0.25) is 14.4 Å². The number of nitrogens with one attached hydrogen (secondary N) is 1. The molecule has 124 valence electrons. The van der Waals surface area contributed by atoms with Crippen molar-refractivity contribution in [2.45, 2.75) is 44.2 Å². The van der Waals surface area contributed by atoms with Crippen LogP contribution < -0.4 is 11.1 Å². The first-order valence-corrected chi connectivity index (χ1v) is 7.11. The SMILES string of the molecule is NCC(=O)N1CCCCC1C(=O)N[C@@H](CCC(=O)O)C(=O)O. The van der Waals surface area contributed by atoms with Crippen LogP contribution in [0.25, 0.3) is 0 Å². The number of rotatable bonds is 7. The number of nitrogens with two attached hydrogens (primary N) is 1. The van der Waals surface area contributed by atoms with E-state index >= 15 is 0 Å². The van der Waals surface area contributed by atoms with Crippen molar-refractivity contribution in [1.29, 1.82) is 0 Å². The summed E-state index contributed by atoms with van der Waals surface area (Å²) in [5, 5.41) is 20.0. The molecule has 1 saturated heterocycles. The number of piperidine rings is 1. The maximum atomic E-state index is 12.2. The molecule has 2 atom stereocenters. The molecule has 0 saturated carbocycles. The average molecular weight is 315 g/mol. The molecular weight excluding hydrogens is 294 g/mol. The highest BCUT2D eigenvalue weighted by Crippen LogP contribution is 2.17. The number of carboxylic acid groups (broad SMARTS) is 2. The Morgan fingerprint density at radius 1 is 1.23 bits per heavy atom. The number of aliphatic carboxylic acids is 2. The molecule has 1 aliphatic rings. The number of likely N-dealkylation sites (tertiary alicyclic amines) is 1. The van der Waals surface area contributed by atoms with Crippen molar-refractivity contribution in [3.05, 3.63) is 0 Å². The van der Waals surface area contributed by atoms with E-state index < -0.39 is 29.9 Å². The van der Waals surface area contributed by atoms with Crippen LogP contribution in [0, 0.1) is 0 Å². The molecule has 1 heterocycles. The fraction of sp³-hybridized carbons (Fsp3) is 0.692. The van der Waals surface area contributed by atoms with Crippen LogP contribution in [0.15, 0.2) is 0 Å². The van der Waals surface area contributed by atoms with E-state index in [2.05, 4.69) is 5.32 Å². The topological polar surface area (TPSA) is 150 Å². The lowest BCUT2D eigenvalue weighted by molar-refractivity contribution is -0.146. The number of amides is 2. The Morgan fingerprint density at radius 2 is 1.91 bits per heavy atom. The summed E-state index contributed by atoms with van der Waals surface area (Å²) in [6.07, 6.45) is 1.36. The van der Waals surface area contributed by atoms with Crippen molar-refractivity contribution in [3.63, 3.8) is 0 Å². The molecule has 9 heteroatoms. The Morgan fingerprint density at radius 3 is 2.45 bits per heavy atom. The molecule has 1 fully saturated rings. The molecule has 9 nitrogen and oxygen atoms in total. The van der Waals surface area contributed by atoms with E-state index in [1.54, 1.807) is 0 Å². The van der Waals surface area contributed by atoms with E-state index in [9.17, 15) is 19.2 Å². The number of hydrogen-bond donors (Lipinski definition) is 4. The standard InChI is InChI=1S/C13H21N3O6/c14-7-10(17)16-6-2-1-3-9(16)12(20)15-8(13(21)22)4-5-11(18)19/h8-9H,1-7,14H2,(H,15,20)(H,18,19)(H,21,22)/t8-,9?/m0/s1. The van der Waals surface area contributed by atoms with Gasteiger partial charge in [-0.15, -0.1) is 0 Å². The van der Waals surface area contributed by atoms with Gasteiger partial charge in [0.2, 0.25) is 11.8 Å². The van der Waals surface area contributed by atoms with E-state index in [4.69, 9.17) is 15.9 Å². The van der Waals surface area contributed by atoms with Crippen LogP contribution in [0.1, 0.15) is 32.1 Å². The minimum atomic E-state index is -1.30. The van der Waals surface area contributed by atoms with Gasteiger partial charge in [-0.2, -0.15) is 0 Å².